The van der Waals surface area contributed by atoms with E-state index in [4.69, 9.17) is 9.47 Å². The monoisotopic (exact) mass is 422 g/mol. The number of hydrogen-bond donors (Lipinski definition) is 0. The third-order valence-corrected chi connectivity index (χ3v) is 5.12. The molecule has 0 amide bonds. The second kappa shape index (κ2) is 10.2. The molecule has 3 rings (SSSR count). The highest BCUT2D eigenvalue weighted by atomic mass is 16.5. The van der Waals surface area contributed by atoms with Gasteiger partial charge in [-0.05, 0) is 57.1 Å². The van der Waals surface area contributed by atoms with E-state index in [1.807, 2.05) is 30.5 Å². The van der Waals surface area contributed by atoms with Crippen LogP contribution in [0.15, 0.2) is 52.4 Å². The van der Waals surface area contributed by atoms with Gasteiger partial charge in [-0.15, -0.1) is 0 Å². The molecular weight excluding hydrogens is 392 g/mol. The van der Waals surface area contributed by atoms with Gasteiger partial charge in [0.1, 0.15) is 5.65 Å². The van der Waals surface area contributed by atoms with Crippen LogP contribution >= 0.6 is 0 Å². The number of methoxy groups -OCH3 is 2. The predicted octanol–water partition coefficient (Wildman–Crippen LogP) is 4.20. The standard InChI is InChI=1S/C24H30N4O3/c1-6-12-27(17(2)3)13-11-25-19-8-10-23-26-20(15-24(29)28(23)16-19)18-7-9-21(30-4)22(14-18)31-5/h7-11,14-17H,6,12-13H2,1-5H3. The van der Waals surface area contributed by atoms with Crippen molar-refractivity contribution in [3.05, 3.63) is 52.9 Å². The summed E-state index contributed by atoms with van der Waals surface area (Å²) in [6.07, 6.45) is 4.72. The number of fused-ring (bicyclic) bond motifs is 1. The van der Waals surface area contributed by atoms with Crippen molar-refractivity contribution in [1.82, 2.24) is 14.3 Å². The first-order chi connectivity index (χ1) is 15.0. The van der Waals surface area contributed by atoms with E-state index in [0.717, 1.165) is 30.8 Å². The Morgan fingerprint density at radius 3 is 2.58 bits per heavy atom. The summed E-state index contributed by atoms with van der Waals surface area (Å²) in [6, 6.07) is 11.1. The molecule has 3 aromatic rings. The van der Waals surface area contributed by atoms with Crippen molar-refractivity contribution < 1.29 is 9.47 Å². The van der Waals surface area contributed by atoms with Crippen LogP contribution in [0.1, 0.15) is 27.2 Å². The molecule has 7 nitrogen and oxygen atoms in total. The van der Waals surface area contributed by atoms with Gasteiger partial charge in [-0.3, -0.25) is 19.1 Å². The van der Waals surface area contributed by atoms with Crippen LogP contribution in [-0.4, -0.2) is 53.9 Å². The average Bonchev–Trinajstić information content (AvgIpc) is 2.78. The van der Waals surface area contributed by atoms with Gasteiger partial charge < -0.3 is 9.47 Å². The van der Waals surface area contributed by atoms with Gasteiger partial charge in [0.05, 0.1) is 25.6 Å². The van der Waals surface area contributed by atoms with Gasteiger partial charge in [0.15, 0.2) is 11.5 Å². The van der Waals surface area contributed by atoms with Crippen molar-refractivity contribution >= 4 is 17.5 Å². The first kappa shape index (κ1) is 22.5. The van der Waals surface area contributed by atoms with Gasteiger partial charge in [-0.25, -0.2) is 4.98 Å². The van der Waals surface area contributed by atoms with Crippen molar-refractivity contribution in [2.75, 3.05) is 27.3 Å². The van der Waals surface area contributed by atoms with E-state index in [1.54, 1.807) is 26.5 Å². The van der Waals surface area contributed by atoms with E-state index in [0.29, 0.717) is 28.9 Å². The lowest BCUT2D eigenvalue weighted by atomic mass is 10.1. The number of nitrogens with zero attached hydrogens (tertiary/aromatic N) is 4. The maximum Gasteiger partial charge on any atom is 0.258 e. The normalized spacial score (nSPS) is 11.7. The highest BCUT2D eigenvalue weighted by Gasteiger charge is 2.10. The molecule has 0 unspecified atom stereocenters. The Hall–Kier alpha value is -3.19. The minimum absolute atomic E-state index is 0.165. The topological polar surface area (TPSA) is 68.4 Å². The number of rotatable bonds is 9. The van der Waals surface area contributed by atoms with E-state index in [-0.39, 0.29) is 5.56 Å². The number of benzene rings is 1. The maximum atomic E-state index is 12.8. The van der Waals surface area contributed by atoms with Gasteiger partial charge in [-0.2, -0.15) is 0 Å². The van der Waals surface area contributed by atoms with Crippen LogP contribution in [-0.2, 0) is 0 Å². The van der Waals surface area contributed by atoms with Crippen LogP contribution in [0.4, 0.5) is 5.69 Å². The zero-order valence-corrected chi connectivity index (χ0v) is 18.8. The van der Waals surface area contributed by atoms with Gasteiger partial charge in [-0.1, -0.05) is 6.92 Å². The summed E-state index contributed by atoms with van der Waals surface area (Å²) in [5, 5.41) is 0. The van der Waals surface area contributed by atoms with E-state index in [1.165, 1.54) is 10.5 Å². The SMILES string of the molecule is CCCN(CC=Nc1ccc2nc(-c3ccc(OC)c(OC)c3)cc(=O)n2c1)C(C)C. The lowest BCUT2D eigenvalue weighted by Crippen LogP contribution is -2.33. The van der Waals surface area contributed by atoms with Crippen LogP contribution in [0.5, 0.6) is 11.5 Å². The smallest absolute Gasteiger partial charge is 0.258 e. The van der Waals surface area contributed by atoms with Gasteiger partial charge >= 0.3 is 0 Å². The fourth-order valence-corrected chi connectivity index (χ4v) is 3.41. The van der Waals surface area contributed by atoms with Crippen molar-refractivity contribution in [3.63, 3.8) is 0 Å². The lowest BCUT2D eigenvalue weighted by molar-refractivity contribution is 0.256. The summed E-state index contributed by atoms with van der Waals surface area (Å²) in [4.78, 5) is 24.3. The second-order valence-corrected chi connectivity index (χ2v) is 7.57. The van der Waals surface area contributed by atoms with Crippen LogP contribution in [0, 0.1) is 0 Å². The Morgan fingerprint density at radius 1 is 1.13 bits per heavy atom. The van der Waals surface area contributed by atoms with E-state index < -0.39 is 0 Å². The van der Waals surface area contributed by atoms with E-state index >= 15 is 0 Å². The Bertz CT molecular complexity index is 1120. The third kappa shape index (κ3) is 5.30. The number of ether oxygens (including phenoxy) is 2. The molecule has 0 saturated heterocycles. The highest BCUT2D eigenvalue weighted by Crippen LogP contribution is 2.31. The molecule has 2 aromatic heterocycles. The molecule has 0 atom stereocenters. The minimum atomic E-state index is -0.165. The average molecular weight is 423 g/mol. The fraction of sp³-hybridized carbons (Fsp3) is 0.375. The fourth-order valence-electron chi connectivity index (χ4n) is 3.41. The zero-order valence-electron chi connectivity index (χ0n) is 18.8. The molecule has 0 aliphatic rings. The quantitative estimate of drug-likeness (QED) is 0.484. The molecule has 0 bridgehead atoms. The largest absolute Gasteiger partial charge is 0.493 e. The molecule has 7 heteroatoms. The Labute approximate surface area is 183 Å². The van der Waals surface area contributed by atoms with Crippen molar-refractivity contribution in [2.24, 2.45) is 4.99 Å². The first-order valence-electron chi connectivity index (χ1n) is 10.5. The highest BCUT2D eigenvalue weighted by molar-refractivity contribution is 5.67. The molecule has 0 aliphatic carbocycles. The molecule has 2 heterocycles. The predicted molar refractivity (Wildman–Crippen MR) is 125 cm³/mol. The van der Waals surface area contributed by atoms with Crippen LogP contribution in [0.2, 0.25) is 0 Å². The Kier molecular flexibility index (Phi) is 7.41. The zero-order chi connectivity index (χ0) is 22.4. The lowest BCUT2D eigenvalue weighted by Gasteiger charge is -2.23. The molecule has 31 heavy (non-hydrogen) atoms. The van der Waals surface area contributed by atoms with Crippen LogP contribution in [0.3, 0.4) is 0 Å². The molecule has 0 aliphatic heterocycles. The van der Waals surface area contributed by atoms with Crippen molar-refractivity contribution in [2.45, 2.75) is 33.2 Å². The summed E-state index contributed by atoms with van der Waals surface area (Å²) in [5.74, 6) is 1.21. The van der Waals surface area contributed by atoms with Crippen LogP contribution < -0.4 is 15.0 Å². The molecule has 164 valence electrons. The van der Waals surface area contributed by atoms with Crippen molar-refractivity contribution in [1.29, 1.82) is 0 Å². The maximum absolute atomic E-state index is 12.8. The molecule has 0 fully saturated rings. The van der Waals surface area contributed by atoms with E-state index in [2.05, 4.69) is 35.6 Å². The number of pyridine rings is 1. The molecule has 0 N–H and O–H groups in total. The van der Waals surface area contributed by atoms with E-state index in [9.17, 15) is 4.79 Å². The summed E-state index contributed by atoms with van der Waals surface area (Å²) in [6.45, 7) is 8.34. The molecular formula is C24H30N4O3. The van der Waals surface area contributed by atoms with Gasteiger partial charge in [0.25, 0.3) is 5.56 Å². The van der Waals surface area contributed by atoms with Crippen molar-refractivity contribution in [3.8, 4) is 22.8 Å². The summed E-state index contributed by atoms with van der Waals surface area (Å²) >= 11 is 0. The third-order valence-electron chi connectivity index (χ3n) is 5.12. The number of hydrogen-bond acceptors (Lipinski definition) is 6. The summed E-state index contributed by atoms with van der Waals surface area (Å²) < 4.78 is 12.2. The molecule has 1 aromatic carbocycles. The van der Waals surface area contributed by atoms with Crippen LogP contribution in [0.25, 0.3) is 16.9 Å². The second-order valence-electron chi connectivity index (χ2n) is 7.57. The summed E-state index contributed by atoms with van der Waals surface area (Å²) in [7, 11) is 3.16. The first-order valence-corrected chi connectivity index (χ1v) is 10.5. The molecule has 0 saturated carbocycles. The summed E-state index contributed by atoms with van der Waals surface area (Å²) in [5.41, 5.74) is 2.47. The van der Waals surface area contributed by atoms with Gasteiger partial charge in [0.2, 0.25) is 0 Å². The molecule has 0 spiro atoms. The number of aromatic nitrogens is 2. The Morgan fingerprint density at radius 2 is 1.90 bits per heavy atom. The van der Waals surface area contributed by atoms with Gasteiger partial charge in [0, 0.05) is 36.6 Å². The number of aliphatic imine (C=N–C) groups is 1. The molecule has 0 radical (unpaired) electrons. The minimum Gasteiger partial charge on any atom is -0.493 e. The Balaban J connectivity index is 1.88.